The predicted octanol–water partition coefficient (Wildman–Crippen LogP) is 4.60. The zero-order valence-corrected chi connectivity index (χ0v) is 14.7. The fraction of sp³-hybridized carbons (Fsp3) is 0. The van der Waals surface area contributed by atoms with E-state index < -0.39 is 11.7 Å². The number of hydrogen-bond acceptors (Lipinski definition) is 4. The van der Waals surface area contributed by atoms with Crippen LogP contribution in [0.1, 0.15) is 10.4 Å². The van der Waals surface area contributed by atoms with E-state index in [0.717, 1.165) is 5.56 Å². The summed E-state index contributed by atoms with van der Waals surface area (Å²) in [6.45, 7) is 0. The van der Waals surface area contributed by atoms with Crippen LogP contribution >= 0.6 is 0 Å². The van der Waals surface area contributed by atoms with Crippen LogP contribution in [0.15, 0.2) is 85.3 Å². The SMILES string of the molecule is O=C(Nc1ccccc1F)c1cnc(-c2ccccc2)nc1-c1ccncc1. The Morgan fingerprint density at radius 3 is 2.32 bits per heavy atom. The van der Waals surface area contributed by atoms with E-state index in [-0.39, 0.29) is 11.3 Å². The molecule has 2 heterocycles. The van der Waals surface area contributed by atoms with Gasteiger partial charge in [0.05, 0.1) is 16.9 Å². The maximum absolute atomic E-state index is 13.9. The molecule has 0 fully saturated rings. The molecule has 0 spiro atoms. The number of rotatable bonds is 4. The van der Waals surface area contributed by atoms with Gasteiger partial charge in [0.2, 0.25) is 0 Å². The molecule has 0 saturated carbocycles. The summed E-state index contributed by atoms with van der Waals surface area (Å²) in [4.78, 5) is 25.8. The molecule has 2 aromatic carbocycles. The third kappa shape index (κ3) is 3.61. The van der Waals surface area contributed by atoms with Crippen molar-refractivity contribution in [3.05, 3.63) is 96.7 Å². The number of para-hydroxylation sites is 1. The Morgan fingerprint density at radius 2 is 1.57 bits per heavy atom. The second kappa shape index (κ2) is 7.75. The lowest BCUT2D eigenvalue weighted by molar-refractivity contribution is 0.102. The molecule has 136 valence electrons. The average Bonchev–Trinajstić information content (AvgIpc) is 2.76. The third-order valence-electron chi connectivity index (χ3n) is 4.14. The first-order valence-corrected chi connectivity index (χ1v) is 8.61. The van der Waals surface area contributed by atoms with E-state index in [0.29, 0.717) is 17.1 Å². The lowest BCUT2D eigenvalue weighted by Crippen LogP contribution is -2.15. The number of anilines is 1. The molecule has 4 aromatic rings. The van der Waals surface area contributed by atoms with Crippen molar-refractivity contribution in [2.24, 2.45) is 0 Å². The van der Waals surface area contributed by atoms with Gasteiger partial charge in [0.15, 0.2) is 5.82 Å². The molecule has 5 nitrogen and oxygen atoms in total. The Bertz CT molecular complexity index is 1120. The highest BCUT2D eigenvalue weighted by Crippen LogP contribution is 2.25. The summed E-state index contributed by atoms with van der Waals surface area (Å²) in [5, 5.41) is 2.59. The van der Waals surface area contributed by atoms with Crippen LogP contribution in [0.25, 0.3) is 22.6 Å². The number of carbonyl (C=O) groups excluding carboxylic acids is 1. The summed E-state index contributed by atoms with van der Waals surface area (Å²) in [6, 6.07) is 19.0. The minimum absolute atomic E-state index is 0.0975. The zero-order chi connectivity index (χ0) is 19.3. The van der Waals surface area contributed by atoms with Gasteiger partial charge in [-0.3, -0.25) is 9.78 Å². The van der Waals surface area contributed by atoms with Gasteiger partial charge in [-0.15, -0.1) is 0 Å². The van der Waals surface area contributed by atoms with Crippen LogP contribution in [-0.4, -0.2) is 20.9 Å². The Kier molecular flexibility index (Phi) is 4.84. The molecule has 0 aliphatic carbocycles. The van der Waals surface area contributed by atoms with Crippen LogP contribution in [0.5, 0.6) is 0 Å². The van der Waals surface area contributed by atoms with E-state index in [4.69, 9.17) is 0 Å². The van der Waals surface area contributed by atoms with Crippen molar-refractivity contribution >= 4 is 11.6 Å². The fourth-order valence-electron chi connectivity index (χ4n) is 2.76. The first-order chi connectivity index (χ1) is 13.7. The van der Waals surface area contributed by atoms with E-state index in [9.17, 15) is 9.18 Å². The van der Waals surface area contributed by atoms with Crippen LogP contribution < -0.4 is 5.32 Å². The molecule has 0 unspecified atom stereocenters. The van der Waals surface area contributed by atoms with E-state index >= 15 is 0 Å². The summed E-state index contributed by atoms with van der Waals surface area (Å²) < 4.78 is 13.9. The van der Waals surface area contributed by atoms with Gasteiger partial charge in [-0.1, -0.05) is 42.5 Å². The molecule has 0 aliphatic heterocycles. The van der Waals surface area contributed by atoms with Gasteiger partial charge in [-0.05, 0) is 24.3 Å². The summed E-state index contributed by atoms with van der Waals surface area (Å²) in [6.07, 6.45) is 4.71. The molecule has 1 N–H and O–H groups in total. The number of benzene rings is 2. The van der Waals surface area contributed by atoms with Crippen LogP contribution in [0, 0.1) is 5.82 Å². The highest BCUT2D eigenvalue weighted by atomic mass is 19.1. The van der Waals surface area contributed by atoms with Gasteiger partial charge in [-0.2, -0.15) is 0 Å². The standard InChI is InChI=1S/C22H15FN4O/c23-18-8-4-5-9-19(18)26-22(28)17-14-25-21(16-6-2-1-3-7-16)27-20(17)15-10-12-24-13-11-15/h1-14H,(H,26,28). The molecule has 0 saturated heterocycles. The first kappa shape index (κ1) is 17.5. The van der Waals surface area contributed by atoms with Gasteiger partial charge in [-0.25, -0.2) is 14.4 Å². The minimum atomic E-state index is -0.511. The third-order valence-corrected chi connectivity index (χ3v) is 4.14. The van der Waals surface area contributed by atoms with Gasteiger partial charge >= 0.3 is 0 Å². The zero-order valence-electron chi connectivity index (χ0n) is 14.7. The number of nitrogens with one attached hydrogen (secondary N) is 1. The quantitative estimate of drug-likeness (QED) is 0.570. The molecule has 0 atom stereocenters. The van der Waals surface area contributed by atoms with Crippen molar-refractivity contribution in [2.45, 2.75) is 0 Å². The van der Waals surface area contributed by atoms with E-state index in [1.807, 2.05) is 30.3 Å². The highest BCUT2D eigenvalue weighted by molar-refractivity contribution is 6.08. The fourth-order valence-corrected chi connectivity index (χ4v) is 2.76. The van der Waals surface area contributed by atoms with E-state index in [1.165, 1.54) is 18.3 Å². The molecule has 4 rings (SSSR count). The van der Waals surface area contributed by atoms with Crippen molar-refractivity contribution in [1.29, 1.82) is 0 Å². The average molecular weight is 370 g/mol. The van der Waals surface area contributed by atoms with Gasteiger partial charge in [0.1, 0.15) is 5.82 Å². The normalized spacial score (nSPS) is 10.5. The van der Waals surface area contributed by atoms with Crippen molar-refractivity contribution in [1.82, 2.24) is 15.0 Å². The minimum Gasteiger partial charge on any atom is -0.319 e. The Labute approximate surface area is 161 Å². The van der Waals surface area contributed by atoms with E-state index in [2.05, 4.69) is 20.3 Å². The first-order valence-electron chi connectivity index (χ1n) is 8.61. The summed E-state index contributed by atoms with van der Waals surface area (Å²) >= 11 is 0. The maximum Gasteiger partial charge on any atom is 0.259 e. The van der Waals surface area contributed by atoms with Crippen molar-refractivity contribution in [2.75, 3.05) is 5.32 Å². The second-order valence-corrected chi connectivity index (χ2v) is 5.99. The molecule has 2 aromatic heterocycles. The molecule has 6 heteroatoms. The van der Waals surface area contributed by atoms with Gasteiger partial charge in [0, 0.05) is 29.7 Å². The molecule has 28 heavy (non-hydrogen) atoms. The monoisotopic (exact) mass is 370 g/mol. The van der Waals surface area contributed by atoms with Crippen LogP contribution in [0.2, 0.25) is 0 Å². The van der Waals surface area contributed by atoms with Crippen LogP contribution in [-0.2, 0) is 0 Å². The van der Waals surface area contributed by atoms with Crippen LogP contribution in [0.4, 0.5) is 10.1 Å². The highest BCUT2D eigenvalue weighted by Gasteiger charge is 2.18. The van der Waals surface area contributed by atoms with Crippen LogP contribution in [0.3, 0.4) is 0 Å². The summed E-state index contributed by atoms with van der Waals surface area (Å²) in [5.41, 5.74) is 2.34. The molecule has 0 bridgehead atoms. The van der Waals surface area contributed by atoms with Crippen molar-refractivity contribution in [3.8, 4) is 22.6 Å². The molecular weight excluding hydrogens is 355 g/mol. The Balaban J connectivity index is 1.78. The number of carbonyl (C=O) groups is 1. The summed E-state index contributed by atoms with van der Waals surface area (Å²) in [7, 11) is 0. The number of halogens is 1. The summed E-state index contributed by atoms with van der Waals surface area (Å²) in [5.74, 6) is -0.505. The number of nitrogens with zero attached hydrogens (tertiary/aromatic N) is 3. The van der Waals surface area contributed by atoms with Crippen molar-refractivity contribution in [3.63, 3.8) is 0 Å². The lowest BCUT2D eigenvalue weighted by Gasteiger charge is -2.11. The predicted molar refractivity (Wildman–Crippen MR) is 105 cm³/mol. The Hall–Kier alpha value is -3.93. The molecule has 0 radical (unpaired) electrons. The maximum atomic E-state index is 13.9. The van der Waals surface area contributed by atoms with Gasteiger partial charge < -0.3 is 5.32 Å². The number of pyridine rings is 1. The molecule has 0 aliphatic rings. The van der Waals surface area contributed by atoms with Crippen molar-refractivity contribution < 1.29 is 9.18 Å². The van der Waals surface area contributed by atoms with Gasteiger partial charge in [0.25, 0.3) is 5.91 Å². The number of hydrogen-bond donors (Lipinski definition) is 1. The number of amides is 1. The topological polar surface area (TPSA) is 67.8 Å². The largest absolute Gasteiger partial charge is 0.319 e. The lowest BCUT2D eigenvalue weighted by atomic mass is 10.1. The Morgan fingerprint density at radius 1 is 0.857 bits per heavy atom. The van der Waals surface area contributed by atoms with E-state index in [1.54, 1.807) is 36.7 Å². The molecular formula is C22H15FN4O. The smallest absolute Gasteiger partial charge is 0.259 e. The second-order valence-electron chi connectivity index (χ2n) is 5.99. The molecule has 1 amide bonds. The number of aromatic nitrogens is 3.